The maximum absolute atomic E-state index is 13.8. The molecule has 23 amide bonds. The predicted molar refractivity (Wildman–Crippen MR) is 549 cm³/mol. The van der Waals surface area contributed by atoms with E-state index in [9.17, 15) is 110 Å². The lowest BCUT2D eigenvalue weighted by molar-refractivity contribution is -0.140. The highest BCUT2D eigenvalue weighted by Gasteiger charge is 2.43. The van der Waals surface area contributed by atoms with Crippen LogP contribution in [0.5, 0.6) is 0 Å². The van der Waals surface area contributed by atoms with Crippen molar-refractivity contribution in [3.8, 4) is 0 Å². The van der Waals surface area contributed by atoms with E-state index in [0.717, 1.165) is 121 Å². The van der Waals surface area contributed by atoms with E-state index in [0.29, 0.717) is 185 Å². The van der Waals surface area contributed by atoms with Crippen molar-refractivity contribution in [2.45, 2.75) is 322 Å². The largest absolute Gasteiger partial charge is 0.356 e. The molecule has 142 heavy (non-hydrogen) atoms. The number of thiol groups is 1. The molecule has 0 aliphatic carbocycles. The normalized spacial score (nSPS) is 17.0. The monoisotopic (exact) mass is 2110 g/mol. The molecule has 5 saturated heterocycles. The summed E-state index contributed by atoms with van der Waals surface area (Å²) in [4.78, 5) is 296. The molecule has 5 heterocycles. The summed E-state index contributed by atoms with van der Waals surface area (Å²) in [7, 11) is 4.69. The van der Waals surface area contributed by atoms with E-state index in [1.807, 2.05) is 0 Å². The molecule has 5 aliphatic rings. The van der Waals surface area contributed by atoms with E-state index >= 15 is 0 Å². The van der Waals surface area contributed by atoms with Gasteiger partial charge in [-0.15, -0.1) is 53.8 Å². The van der Waals surface area contributed by atoms with Crippen molar-refractivity contribution in [2.75, 3.05) is 134 Å². The van der Waals surface area contributed by atoms with Crippen LogP contribution in [0.2, 0.25) is 0 Å². The number of carbonyl (C=O) groups excluding carboxylic acids is 23. The Morgan fingerprint density at radius 3 is 0.697 bits per heavy atom. The molecule has 0 spiro atoms. The van der Waals surface area contributed by atoms with Gasteiger partial charge in [0.2, 0.25) is 136 Å². The van der Waals surface area contributed by atoms with E-state index < -0.39 is 80.4 Å². The number of nitrogens with one attached hydrogen (secondary N) is 13. The lowest BCUT2D eigenvalue weighted by atomic mass is 10.1. The number of unbranched alkanes of at least 4 members (excludes halogenated alkanes) is 19. The Balaban J connectivity index is 0.926. The first-order chi connectivity index (χ1) is 68.3. The van der Waals surface area contributed by atoms with Gasteiger partial charge in [-0.1, -0.05) is 70.6 Å². The molecule has 7 unspecified atom stereocenters. The number of rotatable bonds is 82. The number of nitrogens with zero attached hydrogens (tertiary/aromatic N) is 5. The van der Waals surface area contributed by atoms with E-state index in [2.05, 4.69) is 100 Å². The van der Waals surface area contributed by atoms with Gasteiger partial charge in [-0.25, -0.2) is 0 Å². The minimum Gasteiger partial charge on any atom is -0.356 e. The van der Waals surface area contributed by atoms with Crippen molar-refractivity contribution in [1.29, 1.82) is 0 Å². The SMILES string of the molecule is O=C(CCS)NCCCCCCNC(=O)CCCCCNC(=O)CCN1C(=O)CC(SCCC(=O)NCCCCCCNC(=O)[C@H](CCCCNC(=O)CCN2C(=O)CC(SCCC(=O)NCCCCCCNC(=O)CCCCCNC(=O)CCN3C(=O)CC(P)C3=O)C2=O)NC(=O)CCN2C(=O)CC(SCCC(=O)NCCCCCCNC(=O)CCCCCNC(=O)CCN3C(=O)CC(P)C3=O)C2=O)C1=O. The Morgan fingerprint density at radius 1 is 0.246 bits per heavy atom. The highest BCUT2D eigenvalue weighted by Crippen LogP contribution is 2.30. The summed E-state index contributed by atoms with van der Waals surface area (Å²) in [6.45, 7) is 4.90. The molecule has 13 N–H and O–H groups in total. The van der Waals surface area contributed by atoms with Crippen LogP contribution >= 0.6 is 66.4 Å². The molecular weight excluding hydrogens is 1950 g/mol. The summed E-state index contributed by atoms with van der Waals surface area (Å²) in [6, 6.07) is -1.04. The number of thioether (sulfide) groups is 3. The van der Waals surface area contributed by atoms with Crippen LogP contribution in [0, 0.1) is 0 Å². The summed E-state index contributed by atoms with van der Waals surface area (Å²) in [5.41, 5.74) is -0.869. The lowest BCUT2D eigenvalue weighted by Crippen LogP contribution is -2.47. The summed E-state index contributed by atoms with van der Waals surface area (Å²) >= 11 is 7.65. The smallest absolute Gasteiger partial charge is 0.242 e. The van der Waals surface area contributed by atoms with Gasteiger partial charge in [0.05, 0.1) is 27.1 Å². The molecule has 0 saturated carbocycles. The van der Waals surface area contributed by atoms with Crippen molar-refractivity contribution in [3.63, 3.8) is 0 Å². The molecule has 0 bridgehead atoms. The average molecular weight is 2110 g/mol. The van der Waals surface area contributed by atoms with Crippen LogP contribution in [0.25, 0.3) is 0 Å². The van der Waals surface area contributed by atoms with Gasteiger partial charge in [-0.3, -0.25) is 135 Å². The maximum atomic E-state index is 13.8. The third kappa shape index (κ3) is 53.2. The van der Waals surface area contributed by atoms with E-state index in [-0.39, 0.29) is 230 Å². The van der Waals surface area contributed by atoms with Crippen LogP contribution in [0.15, 0.2) is 0 Å². The minimum absolute atomic E-state index is 0.00100. The van der Waals surface area contributed by atoms with Crippen LogP contribution in [-0.4, -0.2) is 328 Å². The number of imide groups is 5. The second-order valence-corrected chi connectivity index (χ2v) is 42.0. The van der Waals surface area contributed by atoms with Gasteiger partial charge in [0, 0.05) is 238 Å². The van der Waals surface area contributed by atoms with Crippen molar-refractivity contribution in [2.24, 2.45) is 0 Å². The molecule has 5 aliphatic heterocycles. The van der Waals surface area contributed by atoms with Gasteiger partial charge >= 0.3 is 0 Å². The van der Waals surface area contributed by atoms with Crippen LogP contribution in [0.4, 0.5) is 0 Å². The quantitative estimate of drug-likeness (QED) is 0.0180. The number of amides is 23. The van der Waals surface area contributed by atoms with Crippen molar-refractivity contribution in [1.82, 2.24) is 93.6 Å². The van der Waals surface area contributed by atoms with Crippen molar-refractivity contribution < 1.29 is 110 Å². The van der Waals surface area contributed by atoms with Gasteiger partial charge < -0.3 is 69.1 Å². The molecule has 41 nitrogen and oxygen atoms in total. The number of hydrogen-bond donors (Lipinski definition) is 14. The highest BCUT2D eigenvalue weighted by atomic mass is 32.2. The fourth-order valence-electron chi connectivity index (χ4n) is 16.0. The molecular formula is C95H156N18O23P2S4. The summed E-state index contributed by atoms with van der Waals surface area (Å²) < 4.78 is 0. The Kier molecular flexibility index (Phi) is 64.4. The zero-order valence-electron chi connectivity index (χ0n) is 82.6. The minimum atomic E-state index is -1.04. The van der Waals surface area contributed by atoms with Crippen LogP contribution < -0.4 is 69.1 Å². The van der Waals surface area contributed by atoms with Gasteiger partial charge in [0.25, 0.3) is 0 Å². The summed E-state index contributed by atoms with van der Waals surface area (Å²) in [6.07, 6.45) is 21.1. The molecule has 0 aromatic rings. The van der Waals surface area contributed by atoms with Gasteiger partial charge in [-0.05, 0) is 115 Å². The number of carbonyl (C=O) groups is 23. The van der Waals surface area contributed by atoms with Crippen LogP contribution in [0.1, 0.15) is 289 Å². The standard InChI is InChI=1S/C95H156N18O23P2S4/c114-73(96-41-16-1-4-19-44-103-80(121)37-58-139)31-14-11-26-50-101-78(119)34-55-111-87(128)64-70(93(111)134)140-60-39-83(124)106-47-22-7-8-23-52-107-90(131)67(108-84(125)36-57-113-89(130)66-72(95(113)136)142-61-40-82(123)105-46-21-6-3-18-43-98-75(116)30-13-10-25-49-100-77(118)33-54-110-86(127)63-69(138)92(110)133)28-15-27-51-102-79(120)35-56-112-88(129)65-71(94(112)135)141-59-38-81(122)104-45-20-5-2-17-42-97-74(115)29-12-9-24-48-99-76(117)32-53-109-85(126)62-68(137)91(109)132/h67-72,139H,1-66,137-138H2,(H,96,114)(H,97,115)(H,98,116)(H,99,117)(H,100,118)(H,101,119)(H,102,120)(H,103,121)(H,104,122)(H,105,123)(H,106,124)(H,107,131)(H,108,125)/t67-,68?,69?,70?,71?,72?/m0/s1. The van der Waals surface area contributed by atoms with Gasteiger partial charge in [0.1, 0.15) is 6.04 Å². The Hall–Kier alpha value is -8.93. The molecule has 5 fully saturated rings. The average Bonchev–Trinajstić information content (AvgIpc) is 1.66. The number of likely N-dealkylation sites (tertiary alicyclic amines) is 5. The predicted octanol–water partition coefficient (Wildman–Crippen LogP) is 2.99. The first kappa shape index (κ1) is 124. The Morgan fingerprint density at radius 2 is 0.451 bits per heavy atom. The first-order valence-electron chi connectivity index (χ1n) is 51.0. The molecule has 0 aromatic heterocycles. The molecule has 47 heteroatoms. The fraction of sp³-hybridized carbons (Fsp3) is 0.758. The molecule has 8 atom stereocenters. The van der Waals surface area contributed by atoms with E-state index in [1.165, 1.54) is 35.3 Å². The van der Waals surface area contributed by atoms with Crippen molar-refractivity contribution in [3.05, 3.63) is 0 Å². The lowest BCUT2D eigenvalue weighted by Gasteiger charge is -2.20. The zero-order valence-corrected chi connectivity index (χ0v) is 88.2. The maximum Gasteiger partial charge on any atom is 0.242 e. The molecule has 0 radical (unpaired) electrons. The van der Waals surface area contributed by atoms with E-state index in [1.54, 1.807) is 0 Å². The fourth-order valence-corrected chi connectivity index (χ4v) is 20.3. The van der Waals surface area contributed by atoms with Gasteiger partial charge in [-0.2, -0.15) is 12.6 Å². The topological polar surface area (TPSA) is 565 Å². The summed E-state index contributed by atoms with van der Waals surface area (Å²) in [5, 5.41) is 35.0. The Bertz CT molecular complexity index is 4150. The summed E-state index contributed by atoms with van der Waals surface area (Å²) in [5.74, 6) is -5.39. The van der Waals surface area contributed by atoms with Crippen LogP contribution in [-0.2, 0) is 110 Å². The molecule has 798 valence electrons. The molecule has 0 aromatic carbocycles. The zero-order chi connectivity index (χ0) is 104. The van der Waals surface area contributed by atoms with Gasteiger partial charge in [0.15, 0.2) is 0 Å². The number of hydrogen-bond acceptors (Lipinski definition) is 27. The second-order valence-electron chi connectivity index (χ2n) is 36.0. The van der Waals surface area contributed by atoms with E-state index in [4.69, 9.17) is 0 Å². The third-order valence-corrected chi connectivity index (χ3v) is 29.2. The van der Waals surface area contributed by atoms with Crippen LogP contribution in [0.3, 0.4) is 0 Å². The second kappa shape index (κ2) is 74.0. The highest BCUT2D eigenvalue weighted by molar-refractivity contribution is 8.01. The van der Waals surface area contributed by atoms with Crippen molar-refractivity contribution >= 4 is 202 Å². The molecule has 5 rings (SSSR count). The third-order valence-electron chi connectivity index (χ3n) is 24.3. The Labute approximate surface area is 857 Å². The first-order valence-corrected chi connectivity index (χ1v) is 56.2.